The number of anilines is 2. The third kappa shape index (κ3) is 6.06. The number of carbonyl (C=O) groups excluding carboxylic acids is 3. The van der Waals surface area contributed by atoms with E-state index in [-0.39, 0.29) is 23.6 Å². The van der Waals surface area contributed by atoms with E-state index in [1.807, 2.05) is 36.9 Å². The van der Waals surface area contributed by atoms with Crippen molar-refractivity contribution in [1.82, 2.24) is 9.80 Å². The van der Waals surface area contributed by atoms with Crippen LogP contribution in [-0.4, -0.2) is 73.9 Å². The first kappa shape index (κ1) is 26.5. The quantitative estimate of drug-likeness (QED) is 0.578. The van der Waals surface area contributed by atoms with Crippen molar-refractivity contribution in [1.29, 1.82) is 0 Å². The molecule has 1 heterocycles. The topological polar surface area (TPSA) is 82.2 Å². The lowest BCUT2D eigenvalue weighted by Crippen LogP contribution is -2.49. The summed E-state index contributed by atoms with van der Waals surface area (Å²) in [6, 6.07) is 12.8. The molecule has 0 unspecified atom stereocenters. The summed E-state index contributed by atoms with van der Waals surface area (Å²) < 4.78 is 5.19. The van der Waals surface area contributed by atoms with Crippen LogP contribution in [0.3, 0.4) is 0 Å². The average Bonchev–Trinajstić information content (AvgIpc) is 3.49. The smallest absolute Gasteiger partial charge is 0.256 e. The lowest BCUT2D eigenvalue weighted by atomic mass is 10.1. The second kappa shape index (κ2) is 12.1. The van der Waals surface area contributed by atoms with Gasteiger partial charge in [0.15, 0.2) is 0 Å². The Morgan fingerprint density at radius 2 is 1.59 bits per heavy atom. The van der Waals surface area contributed by atoms with Gasteiger partial charge in [-0.25, -0.2) is 0 Å². The monoisotopic (exact) mass is 506 g/mol. The molecule has 1 aliphatic heterocycles. The lowest BCUT2D eigenvalue weighted by molar-refractivity contribution is -0.119. The fraction of sp³-hybridized carbons (Fsp3) is 0.483. The van der Waals surface area contributed by atoms with Crippen molar-refractivity contribution < 1.29 is 19.1 Å². The number of ether oxygens (including phenoxy) is 1. The van der Waals surface area contributed by atoms with E-state index in [1.165, 1.54) is 0 Å². The molecule has 0 aromatic heterocycles. The van der Waals surface area contributed by atoms with Gasteiger partial charge < -0.3 is 24.8 Å². The number of nitrogens with zero attached hydrogens (tertiary/aromatic N) is 3. The van der Waals surface area contributed by atoms with Gasteiger partial charge in [0, 0.05) is 62.1 Å². The van der Waals surface area contributed by atoms with Crippen molar-refractivity contribution in [3.63, 3.8) is 0 Å². The second-order valence-corrected chi connectivity index (χ2v) is 9.69. The largest absolute Gasteiger partial charge is 0.497 e. The summed E-state index contributed by atoms with van der Waals surface area (Å²) in [4.78, 5) is 45.0. The molecule has 2 aromatic carbocycles. The molecular formula is C29H38N4O4. The van der Waals surface area contributed by atoms with Crippen molar-refractivity contribution in [2.24, 2.45) is 5.92 Å². The van der Waals surface area contributed by atoms with Crippen LogP contribution in [0, 0.1) is 5.92 Å². The van der Waals surface area contributed by atoms with Crippen molar-refractivity contribution in [2.75, 3.05) is 56.6 Å². The van der Waals surface area contributed by atoms with Crippen LogP contribution in [0.5, 0.6) is 5.75 Å². The Balaban J connectivity index is 1.50. The molecule has 1 saturated heterocycles. The number of hydrogen-bond donors (Lipinski definition) is 1. The highest BCUT2D eigenvalue weighted by Gasteiger charge is 2.27. The molecule has 3 amide bonds. The molecule has 0 bridgehead atoms. The maximum atomic E-state index is 13.5. The van der Waals surface area contributed by atoms with Gasteiger partial charge in [-0.1, -0.05) is 12.8 Å². The highest BCUT2D eigenvalue weighted by Crippen LogP contribution is 2.30. The number of piperazine rings is 1. The Kier molecular flexibility index (Phi) is 8.69. The maximum absolute atomic E-state index is 13.5. The molecule has 198 valence electrons. The molecule has 1 aliphatic carbocycles. The second-order valence-electron chi connectivity index (χ2n) is 9.69. The number of benzene rings is 2. The molecule has 2 aromatic rings. The summed E-state index contributed by atoms with van der Waals surface area (Å²) in [6.07, 6.45) is 4.04. The average molecular weight is 507 g/mol. The molecule has 8 heteroatoms. The van der Waals surface area contributed by atoms with Gasteiger partial charge in [-0.05, 0) is 69.2 Å². The van der Waals surface area contributed by atoms with Crippen LogP contribution in [0.4, 0.5) is 11.4 Å². The molecule has 1 N–H and O–H groups in total. The number of nitrogens with one attached hydrogen (secondary N) is 1. The minimum absolute atomic E-state index is 0.00767. The predicted molar refractivity (Wildman–Crippen MR) is 145 cm³/mol. The molecule has 37 heavy (non-hydrogen) atoms. The molecule has 0 atom stereocenters. The van der Waals surface area contributed by atoms with Crippen LogP contribution in [0.25, 0.3) is 0 Å². The highest BCUT2D eigenvalue weighted by molar-refractivity contribution is 6.02. The Morgan fingerprint density at radius 1 is 0.946 bits per heavy atom. The molecule has 8 nitrogen and oxygen atoms in total. The van der Waals surface area contributed by atoms with E-state index in [4.69, 9.17) is 4.74 Å². The molecular weight excluding hydrogens is 468 g/mol. The summed E-state index contributed by atoms with van der Waals surface area (Å²) in [7, 11) is 1.60. The number of hydrogen-bond acceptors (Lipinski definition) is 5. The molecule has 2 fully saturated rings. The zero-order chi connectivity index (χ0) is 26.4. The van der Waals surface area contributed by atoms with E-state index in [0.717, 1.165) is 37.1 Å². The van der Waals surface area contributed by atoms with Crippen LogP contribution in [-0.2, 0) is 4.79 Å². The van der Waals surface area contributed by atoms with E-state index in [1.54, 1.807) is 36.3 Å². The Morgan fingerprint density at radius 3 is 2.19 bits per heavy atom. The minimum atomic E-state index is -0.0475. The van der Waals surface area contributed by atoms with Crippen molar-refractivity contribution >= 4 is 29.1 Å². The van der Waals surface area contributed by atoms with Crippen molar-refractivity contribution in [2.45, 2.75) is 39.5 Å². The van der Waals surface area contributed by atoms with Crippen LogP contribution in [0.1, 0.15) is 60.2 Å². The SMILES string of the molecule is CCN(CC)C(=O)c1cc(NC(=O)C2CCCC2)ccc1N1CCN(C(=O)c2ccc(OC)cc2)CC1. The molecule has 1 saturated carbocycles. The van der Waals surface area contributed by atoms with Crippen LogP contribution in [0.2, 0.25) is 0 Å². The highest BCUT2D eigenvalue weighted by atomic mass is 16.5. The Bertz CT molecular complexity index is 1100. The van der Waals surface area contributed by atoms with Gasteiger partial charge in [0.05, 0.1) is 12.7 Å². The standard InChI is InChI=1S/C29H38N4O4/c1-4-31(5-2)29(36)25-20-23(30-27(34)21-8-6-7-9-21)12-15-26(25)32-16-18-33(19-17-32)28(35)22-10-13-24(37-3)14-11-22/h10-15,20-21H,4-9,16-19H2,1-3H3,(H,30,34). The predicted octanol–water partition coefficient (Wildman–Crippen LogP) is 4.27. The first-order chi connectivity index (χ1) is 17.9. The van der Waals surface area contributed by atoms with E-state index in [0.29, 0.717) is 56.1 Å². The third-order valence-electron chi connectivity index (χ3n) is 7.52. The van der Waals surface area contributed by atoms with Crippen molar-refractivity contribution in [3.05, 3.63) is 53.6 Å². The van der Waals surface area contributed by atoms with Crippen molar-refractivity contribution in [3.8, 4) is 5.75 Å². The number of amides is 3. The third-order valence-corrected chi connectivity index (χ3v) is 7.52. The van der Waals surface area contributed by atoms with Gasteiger partial charge in [0.1, 0.15) is 5.75 Å². The van der Waals surface area contributed by atoms with Gasteiger partial charge in [0.2, 0.25) is 5.91 Å². The first-order valence-electron chi connectivity index (χ1n) is 13.4. The van der Waals surface area contributed by atoms with Gasteiger partial charge in [-0.2, -0.15) is 0 Å². The van der Waals surface area contributed by atoms with Gasteiger partial charge in [-0.3, -0.25) is 14.4 Å². The van der Waals surface area contributed by atoms with Gasteiger partial charge in [0.25, 0.3) is 11.8 Å². The number of carbonyl (C=O) groups is 3. The van der Waals surface area contributed by atoms with Gasteiger partial charge >= 0.3 is 0 Å². The molecule has 4 rings (SSSR count). The zero-order valence-corrected chi connectivity index (χ0v) is 22.2. The summed E-state index contributed by atoms with van der Waals surface area (Å²) >= 11 is 0. The molecule has 2 aliphatic rings. The van der Waals surface area contributed by atoms with E-state index in [9.17, 15) is 14.4 Å². The summed E-state index contributed by atoms with van der Waals surface area (Å²) in [5, 5.41) is 3.04. The fourth-order valence-corrected chi connectivity index (χ4v) is 5.24. The summed E-state index contributed by atoms with van der Waals surface area (Å²) in [5.74, 6) is 0.755. The fourth-order valence-electron chi connectivity index (χ4n) is 5.24. The molecule has 0 radical (unpaired) electrons. The Labute approximate surface area is 219 Å². The minimum Gasteiger partial charge on any atom is -0.497 e. The summed E-state index contributed by atoms with van der Waals surface area (Å²) in [6.45, 7) is 7.51. The van der Waals surface area contributed by atoms with Gasteiger partial charge in [-0.15, -0.1) is 0 Å². The Hall–Kier alpha value is -3.55. The normalized spacial score (nSPS) is 16.0. The summed E-state index contributed by atoms with van der Waals surface area (Å²) in [5.41, 5.74) is 2.72. The number of methoxy groups -OCH3 is 1. The van der Waals surface area contributed by atoms with E-state index < -0.39 is 0 Å². The van der Waals surface area contributed by atoms with Crippen LogP contribution >= 0.6 is 0 Å². The van der Waals surface area contributed by atoms with Crippen LogP contribution in [0.15, 0.2) is 42.5 Å². The number of rotatable bonds is 8. The lowest BCUT2D eigenvalue weighted by Gasteiger charge is -2.37. The molecule has 0 spiro atoms. The van der Waals surface area contributed by atoms with Crippen LogP contribution < -0.4 is 15.0 Å². The van der Waals surface area contributed by atoms with E-state index in [2.05, 4.69) is 10.2 Å². The maximum Gasteiger partial charge on any atom is 0.256 e. The first-order valence-corrected chi connectivity index (χ1v) is 13.4. The van der Waals surface area contributed by atoms with E-state index >= 15 is 0 Å². The zero-order valence-electron chi connectivity index (χ0n) is 22.2.